The summed E-state index contributed by atoms with van der Waals surface area (Å²) in [5, 5.41) is 2.55. The topological polar surface area (TPSA) is 29.1 Å². The van der Waals surface area contributed by atoms with Crippen molar-refractivity contribution in [3.8, 4) is 0 Å². The maximum Gasteiger partial charge on any atom is 0.419 e. The van der Waals surface area contributed by atoms with E-state index in [0.29, 0.717) is 13.0 Å². The number of alkyl halides is 3. The molecule has 1 rings (SSSR count). The Morgan fingerprint density at radius 2 is 2.05 bits per heavy atom. The number of hydrogen-bond acceptors (Lipinski definition) is 1. The second-order valence-electron chi connectivity index (χ2n) is 3.91. The van der Waals surface area contributed by atoms with Crippen LogP contribution in [0, 0.1) is 5.82 Å². The van der Waals surface area contributed by atoms with Gasteiger partial charge in [-0.25, -0.2) is 4.39 Å². The number of carbonyl (C=O) groups is 1. The average molecular weight is 275 g/mol. The molecule has 0 fully saturated rings. The minimum Gasteiger partial charge on any atom is -0.356 e. The second-order valence-corrected chi connectivity index (χ2v) is 3.91. The van der Waals surface area contributed by atoms with Crippen molar-refractivity contribution in [1.29, 1.82) is 0 Å². The first-order valence-corrected chi connectivity index (χ1v) is 5.58. The Balaban J connectivity index is 2.70. The molecular weight excluding hydrogens is 262 g/mol. The van der Waals surface area contributed by atoms with Gasteiger partial charge in [-0.15, -0.1) is 0 Å². The number of hydrogen-bond donors (Lipinski definition) is 1. The van der Waals surface area contributed by atoms with Crippen LogP contribution in [0.1, 0.15) is 24.5 Å². The molecule has 0 bridgehead atoms. The van der Waals surface area contributed by atoms with E-state index in [2.05, 4.69) is 5.32 Å². The van der Waals surface area contributed by atoms with Crippen molar-refractivity contribution in [1.82, 2.24) is 5.32 Å². The van der Waals surface area contributed by atoms with Crippen molar-refractivity contribution < 1.29 is 22.4 Å². The third kappa shape index (κ3) is 5.11. The number of carbonyl (C=O) groups excluding carboxylic acids is 1. The summed E-state index contributed by atoms with van der Waals surface area (Å²) < 4.78 is 50.4. The molecule has 0 aromatic heterocycles. The van der Waals surface area contributed by atoms with Crippen molar-refractivity contribution in [3.63, 3.8) is 0 Å². The molecule has 1 N–H and O–H groups in total. The van der Waals surface area contributed by atoms with E-state index in [1.807, 2.05) is 0 Å². The van der Waals surface area contributed by atoms with Crippen LogP contribution in [0.2, 0.25) is 0 Å². The lowest BCUT2D eigenvalue weighted by molar-refractivity contribution is -0.140. The second kappa shape index (κ2) is 6.36. The van der Waals surface area contributed by atoms with Crippen molar-refractivity contribution in [3.05, 3.63) is 41.2 Å². The van der Waals surface area contributed by atoms with Gasteiger partial charge in [0.1, 0.15) is 5.82 Å². The van der Waals surface area contributed by atoms with Gasteiger partial charge in [-0.2, -0.15) is 13.2 Å². The van der Waals surface area contributed by atoms with Crippen LogP contribution in [0.15, 0.2) is 24.3 Å². The number of rotatable bonds is 4. The Bertz CT molecular complexity index is 480. The van der Waals surface area contributed by atoms with Crippen molar-refractivity contribution in [2.75, 3.05) is 6.54 Å². The van der Waals surface area contributed by atoms with Gasteiger partial charge in [-0.05, 0) is 24.1 Å². The fourth-order valence-corrected chi connectivity index (χ4v) is 1.41. The molecule has 1 amide bonds. The zero-order valence-electron chi connectivity index (χ0n) is 10.2. The highest BCUT2D eigenvalue weighted by Gasteiger charge is 2.33. The Labute approximate surface area is 108 Å². The van der Waals surface area contributed by atoms with Crippen LogP contribution >= 0.6 is 0 Å². The van der Waals surface area contributed by atoms with Crippen LogP contribution in [0.3, 0.4) is 0 Å². The van der Waals surface area contributed by atoms with Gasteiger partial charge in [0.05, 0.1) is 5.56 Å². The monoisotopic (exact) mass is 275 g/mol. The van der Waals surface area contributed by atoms with Crippen LogP contribution in [-0.4, -0.2) is 12.5 Å². The molecule has 0 unspecified atom stereocenters. The highest BCUT2D eigenvalue weighted by atomic mass is 19.4. The molecular formula is C13H13F4NO. The van der Waals surface area contributed by atoms with E-state index in [1.165, 1.54) is 19.1 Å². The summed E-state index contributed by atoms with van der Waals surface area (Å²) in [6.45, 7) is 1.78. The number of benzene rings is 1. The predicted molar refractivity (Wildman–Crippen MR) is 63.7 cm³/mol. The van der Waals surface area contributed by atoms with Crippen LogP contribution in [0.5, 0.6) is 0 Å². The van der Waals surface area contributed by atoms with E-state index in [1.54, 1.807) is 6.08 Å². The summed E-state index contributed by atoms with van der Waals surface area (Å²) in [7, 11) is 0. The minimum atomic E-state index is -4.70. The Morgan fingerprint density at radius 3 is 2.63 bits per heavy atom. The van der Waals surface area contributed by atoms with Crippen molar-refractivity contribution >= 4 is 12.0 Å². The maximum atomic E-state index is 13.0. The molecule has 6 heteroatoms. The fourth-order valence-electron chi connectivity index (χ4n) is 1.41. The van der Waals surface area contributed by atoms with Crippen LogP contribution < -0.4 is 5.32 Å². The van der Waals surface area contributed by atoms with Gasteiger partial charge >= 0.3 is 6.18 Å². The van der Waals surface area contributed by atoms with Gasteiger partial charge in [-0.3, -0.25) is 4.79 Å². The molecule has 0 radical (unpaired) electrons. The number of halogens is 4. The van der Waals surface area contributed by atoms with E-state index in [9.17, 15) is 22.4 Å². The third-order valence-corrected chi connectivity index (χ3v) is 2.29. The quantitative estimate of drug-likeness (QED) is 0.662. The normalized spacial score (nSPS) is 11.8. The molecule has 1 aromatic rings. The Morgan fingerprint density at radius 1 is 1.37 bits per heavy atom. The molecule has 0 atom stereocenters. The molecule has 2 nitrogen and oxygen atoms in total. The van der Waals surface area contributed by atoms with Gasteiger partial charge in [0.2, 0.25) is 5.91 Å². The van der Waals surface area contributed by atoms with E-state index < -0.39 is 17.6 Å². The molecule has 0 heterocycles. The first kappa shape index (κ1) is 15.2. The maximum absolute atomic E-state index is 13.0. The lowest BCUT2D eigenvalue weighted by atomic mass is 10.1. The third-order valence-electron chi connectivity index (χ3n) is 2.29. The SMILES string of the molecule is CC(=O)NCCC=Cc1ccc(F)c(C(F)(F)F)c1. The first-order valence-electron chi connectivity index (χ1n) is 5.58. The van der Waals surface area contributed by atoms with Crippen LogP contribution in [-0.2, 0) is 11.0 Å². The zero-order valence-corrected chi connectivity index (χ0v) is 10.2. The largest absolute Gasteiger partial charge is 0.419 e. The zero-order chi connectivity index (χ0) is 14.5. The lowest BCUT2D eigenvalue weighted by Crippen LogP contribution is -2.20. The highest BCUT2D eigenvalue weighted by molar-refractivity contribution is 5.72. The summed E-state index contributed by atoms with van der Waals surface area (Å²) in [4.78, 5) is 10.6. The van der Waals surface area contributed by atoms with Gasteiger partial charge in [-0.1, -0.05) is 18.2 Å². The van der Waals surface area contributed by atoms with Crippen LogP contribution in [0.4, 0.5) is 17.6 Å². The predicted octanol–water partition coefficient (Wildman–Crippen LogP) is 3.38. The van der Waals surface area contributed by atoms with Gasteiger partial charge in [0.15, 0.2) is 0 Å². The average Bonchev–Trinajstić information content (AvgIpc) is 2.28. The summed E-state index contributed by atoms with van der Waals surface area (Å²) in [6.07, 6.45) is -1.15. The van der Waals surface area contributed by atoms with Gasteiger partial charge < -0.3 is 5.32 Å². The molecule has 0 saturated heterocycles. The number of amides is 1. The molecule has 19 heavy (non-hydrogen) atoms. The van der Waals surface area contributed by atoms with E-state index >= 15 is 0 Å². The molecule has 0 saturated carbocycles. The highest BCUT2D eigenvalue weighted by Crippen LogP contribution is 2.32. The summed E-state index contributed by atoms with van der Waals surface area (Å²) >= 11 is 0. The summed E-state index contributed by atoms with van der Waals surface area (Å²) in [6, 6.07) is 2.81. The molecule has 1 aromatic carbocycles. The number of nitrogens with one attached hydrogen (secondary N) is 1. The molecule has 0 aliphatic carbocycles. The Kier molecular flexibility index (Phi) is 5.09. The smallest absolute Gasteiger partial charge is 0.356 e. The molecule has 0 spiro atoms. The van der Waals surface area contributed by atoms with Crippen molar-refractivity contribution in [2.45, 2.75) is 19.5 Å². The van der Waals surface area contributed by atoms with Crippen LogP contribution in [0.25, 0.3) is 6.08 Å². The fraction of sp³-hybridized carbons (Fsp3) is 0.308. The van der Waals surface area contributed by atoms with E-state index in [0.717, 1.165) is 12.1 Å². The summed E-state index contributed by atoms with van der Waals surface area (Å²) in [5.74, 6) is -1.46. The van der Waals surface area contributed by atoms with Crippen molar-refractivity contribution in [2.24, 2.45) is 0 Å². The lowest BCUT2D eigenvalue weighted by Gasteiger charge is -2.08. The summed E-state index contributed by atoms with van der Waals surface area (Å²) in [5.41, 5.74) is -1.02. The standard InChI is InChI=1S/C13H13F4NO/c1-9(19)18-7-3-2-4-10-5-6-12(14)11(8-10)13(15,16)17/h2,4-6,8H,3,7H2,1H3,(H,18,19). The molecule has 0 aliphatic rings. The minimum absolute atomic E-state index is 0.172. The van der Waals surface area contributed by atoms with E-state index in [4.69, 9.17) is 0 Å². The Hall–Kier alpha value is -1.85. The molecule has 104 valence electrons. The van der Waals surface area contributed by atoms with Gasteiger partial charge in [0.25, 0.3) is 0 Å². The van der Waals surface area contributed by atoms with E-state index in [-0.39, 0.29) is 11.5 Å². The van der Waals surface area contributed by atoms with Gasteiger partial charge in [0, 0.05) is 13.5 Å². The molecule has 0 aliphatic heterocycles. The first-order chi connectivity index (χ1) is 8.80.